The largest absolute Gasteiger partial charge is 0.466 e. The first-order valence-electron chi connectivity index (χ1n) is 5.10. The fourth-order valence-corrected chi connectivity index (χ4v) is 3.12. The Kier molecular flexibility index (Phi) is 3.52. The molecule has 1 unspecified atom stereocenters. The van der Waals surface area contributed by atoms with Crippen molar-refractivity contribution in [1.29, 1.82) is 0 Å². The van der Waals surface area contributed by atoms with Gasteiger partial charge in [-0.2, -0.15) is 0 Å². The molecule has 0 spiro atoms. The maximum atomic E-state index is 5.58. The number of rotatable bonds is 3. The third-order valence-electron chi connectivity index (χ3n) is 2.60. The quantitative estimate of drug-likeness (QED) is 0.926. The molecule has 0 saturated carbocycles. The number of furan rings is 1. The van der Waals surface area contributed by atoms with E-state index in [2.05, 4.69) is 38.8 Å². The minimum Gasteiger partial charge on any atom is -0.466 e. The minimum absolute atomic E-state index is 0.208. The van der Waals surface area contributed by atoms with Crippen LogP contribution in [0.2, 0.25) is 0 Å². The van der Waals surface area contributed by atoms with Crippen LogP contribution in [0.4, 0.5) is 0 Å². The zero-order valence-electron chi connectivity index (χ0n) is 9.50. The summed E-state index contributed by atoms with van der Waals surface area (Å²) in [6.07, 6.45) is 0. The second-order valence-electron chi connectivity index (χ2n) is 3.77. The second-order valence-corrected chi connectivity index (χ2v) is 6.06. The molecule has 1 atom stereocenters. The third-order valence-corrected chi connectivity index (χ3v) is 4.12. The van der Waals surface area contributed by atoms with Crippen molar-refractivity contribution in [3.05, 3.63) is 43.9 Å². The van der Waals surface area contributed by atoms with Crippen molar-refractivity contribution in [2.75, 3.05) is 7.05 Å². The van der Waals surface area contributed by atoms with Gasteiger partial charge in [0.2, 0.25) is 0 Å². The Labute approximate surface area is 108 Å². The minimum atomic E-state index is 0.208. The van der Waals surface area contributed by atoms with Crippen LogP contribution in [0, 0.1) is 13.8 Å². The van der Waals surface area contributed by atoms with Crippen LogP contribution in [0.5, 0.6) is 0 Å². The van der Waals surface area contributed by atoms with E-state index in [1.807, 2.05) is 20.9 Å². The summed E-state index contributed by atoms with van der Waals surface area (Å²) >= 11 is 5.19. The van der Waals surface area contributed by atoms with Gasteiger partial charge in [0, 0.05) is 5.56 Å². The highest BCUT2D eigenvalue weighted by atomic mass is 79.9. The van der Waals surface area contributed by atoms with Crippen molar-refractivity contribution in [2.24, 2.45) is 0 Å². The number of nitrogens with one attached hydrogen (secondary N) is 1. The average molecular weight is 300 g/mol. The van der Waals surface area contributed by atoms with E-state index in [9.17, 15) is 0 Å². The average Bonchev–Trinajstić information content (AvgIpc) is 2.76. The first-order valence-corrected chi connectivity index (χ1v) is 6.77. The van der Waals surface area contributed by atoms with Gasteiger partial charge in [-0.15, -0.1) is 11.3 Å². The van der Waals surface area contributed by atoms with E-state index in [1.165, 1.54) is 11.1 Å². The number of thiophene rings is 1. The predicted octanol–water partition coefficient (Wildman–Crippen LogP) is 4.03. The maximum absolute atomic E-state index is 5.58. The highest BCUT2D eigenvalue weighted by Crippen LogP contribution is 2.31. The first-order chi connectivity index (χ1) is 7.61. The zero-order chi connectivity index (χ0) is 11.7. The van der Waals surface area contributed by atoms with Gasteiger partial charge in [-0.3, -0.25) is 0 Å². The summed E-state index contributed by atoms with van der Waals surface area (Å²) in [4.78, 5) is 0. The van der Waals surface area contributed by atoms with E-state index in [0.717, 1.165) is 15.3 Å². The molecule has 0 aliphatic rings. The molecule has 0 aliphatic heterocycles. The van der Waals surface area contributed by atoms with Gasteiger partial charge in [0.1, 0.15) is 11.5 Å². The lowest BCUT2D eigenvalue weighted by Gasteiger charge is -2.13. The van der Waals surface area contributed by atoms with Crippen LogP contribution in [0.15, 0.2) is 25.7 Å². The number of hydrogen-bond donors (Lipinski definition) is 1. The van der Waals surface area contributed by atoms with Crippen LogP contribution in [0.25, 0.3) is 0 Å². The van der Waals surface area contributed by atoms with Crippen molar-refractivity contribution in [3.63, 3.8) is 0 Å². The van der Waals surface area contributed by atoms with Crippen molar-refractivity contribution >= 4 is 27.3 Å². The van der Waals surface area contributed by atoms with Gasteiger partial charge >= 0.3 is 0 Å². The summed E-state index contributed by atoms with van der Waals surface area (Å²) in [5.74, 6) is 1.95. The van der Waals surface area contributed by atoms with Gasteiger partial charge in [-0.1, -0.05) is 0 Å². The van der Waals surface area contributed by atoms with Gasteiger partial charge in [0.05, 0.1) is 9.83 Å². The summed E-state index contributed by atoms with van der Waals surface area (Å²) in [6.45, 7) is 3.99. The molecule has 2 aromatic rings. The van der Waals surface area contributed by atoms with E-state index in [-0.39, 0.29) is 6.04 Å². The van der Waals surface area contributed by atoms with Crippen LogP contribution >= 0.6 is 27.3 Å². The Morgan fingerprint density at radius 3 is 2.56 bits per heavy atom. The normalized spacial score (nSPS) is 13.0. The summed E-state index contributed by atoms with van der Waals surface area (Å²) in [5, 5.41) is 5.49. The van der Waals surface area contributed by atoms with Gasteiger partial charge in [-0.25, -0.2) is 0 Å². The lowest BCUT2D eigenvalue weighted by atomic mass is 10.0. The van der Waals surface area contributed by atoms with Gasteiger partial charge in [-0.05, 0) is 59.9 Å². The van der Waals surface area contributed by atoms with Crippen molar-refractivity contribution in [2.45, 2.75) is 19.9 Å². The van der Waals surface area contributed by atoms with E-state index in [0.29, 0.717) is 0 Å². The maximum Gasteiger partial charge on any atom is 0.106 e. The predicted molar refractivity (Wildman–Crippen MR) is 71.1 cm³/mol. The number of aryl methyl sites for hydroxylation is 2. The van der Waals surface area contributed by atoms with Crippen LogP contribution in [0.1, 0.15) is 28.7 Å². The Morgan fingerprint density at radius 1 is 1.38 bits per heavy atom. The standard InChI is InChI=1S/C12H14BrNOS/c1-7-4-10(8(2)15-7)12(14-3)9-5-11(13)16-6-9/h4-6,12,14H,1-3H3. The molecule has 16 heavy (non-hydrogen) atoms. The molecule has 0 fully saturated rings. The Bertz CT molecular complexity index is 489. The molecule has 2 heterocycles. The monoisotopic (exact) mass is 299 g/mol. The van der Waals surface area contributed by atoms with Gasteiger partial charge in [0.15, 0.2) is 0 Å². The molecule has 2 aromatic heterocycles. The molecule has 0 aliphatic carbocycles. The molecule has 0 aromatic carbocycles. The molecular formula is C12H14BrNOS. The van der Waals surface area contributed by atoms with Gasteiger partial charge in [0.25, 0.3) is 0 Å². The van der Waals surface area contributed by atoms with Crippen molar-refractivity contribution < 1.29 is 4.42 Å². The van der Waals surface area contributed by atoms with Crippen LogP contribution in [-0.4, -0.2) is 7.05 Å². The van der Waals surface area contributed by atoms with E-state index < -0.39 is 0 Å². The van der Waals surface area contributed by atoms with Gasteiger partial charge < -0.3 is 9.73 Å². The summed E-state index contributed by atoms with van der Waals surface area (Å²) in [7, 11) is 1.97. The molecule has 0 amide bonds. The van der Waals surface area contributed by atoms with E-state index in [1.54, 1.807) is 11.3 Å². The molecular weight excluding hydrogens is 286 g/mol. The highest BCUT2D eigenvalue weighted by Gasteiger charge is 2.18. The molecule has 0 bridgehead atoms. The van der Waals surface area contributed by atoms with E-state index in [4.69, 9.17) is 4.42 Å². The third kappa shape index (κ3) is 2.24. The van der Waals surface area contributed by atoms with E-state index >= 15 is 0 Å². The fourth-order valence-electron chi connectivity index (χ4n) is 1.91. The Balaban J connectivity index is 2.40. The molecule has 4 heteroatoms. The molecule has 1 N–H and O–H groups in total. The zero-order valence-corrected chi connectivity index (χ0v) is 11.9. The second kappa shape index (κ2) is 4.73. The SMILES string of the molecule is CNC(c1csc(Br)c1)c1cc(C)oc1C. The lowest BCUT2D eigenvalue weighted by Crippen LogP contribution is -2.17. The van der Waals surface area contributed by atoms with Crippen LogP contribution < -0.4 is 5.32 Å². The molecule has 0 saturated heterocycles. The van der Waals surface area contributed by atoms with Crippen LogP contribution in [0.3, 0.4) is 0 Å². The number of hydrogen-bond acceptors (Lipinski definition) is 3. The molecule has 86 valence electrons. The Morgan fingerprint density at radius 2 is 2.12 bits per heavy atom. The fraction of sp³-hybridized carbons (Fsp3) is 0.333. The first kappa shape index (κ1) is 11.9. The van der Waals surface area contributed by atoms with Crippen molar-refractivity contribution in [3.8, 4) is 0 Å². The summed E-state index contributed by atoms with van der Waals surface area (Å²) in [6, 6.07) is 4.45. The van der Waals surface area contributed by atoms with Crippen molar-refractivity contribution in [1.82, 2.24) is 5.32 Å². The number of halogens is 1. The topological polar surface area (TPSA) is 25.2 Å². The summed E-state index contributed by atoms with van der Waals surface area (Å²) in [5.41, 5.74) is 2.48. The molecule has 2 nitrogen and oxygen atoms in total. The smallest absolute Gasteiger partial charge is 0.106 e. The lowest BCUT2D eigenvalue weighted by molar-refractivity contribution is 0.497. The highest BCUT2D eigenvalue weighted by molar-refractivity contribution is 9.11. The summed E-state index contributed by atoms with van der Waals surface area (Å²) < 4.78 is 6.73. The Hall–Kier alpha value is -0.580. The molecule has 2 rings (SSSR count). The molecule has 0 radical (unpaired) electrons. The van der Waals surface area contributed by atoms with Crippen LogP contribution in [-0.2, 0) is 0 Å².